The second kappa shape index (κ2) is 5.46. The zero-order chi connectivity index (χ0) is 14.0. The van der Waals surface area contributed by atoms with Crippen molar-refractivity contribution in [3.8, 4) is 0 Å². The molecule has 0 aliphatic heterocycles. The summed E-state index contributed by atoms with van der Waals surface area (Å²) < 4.78 is 22.6. The number of nitrogens with one attached hydrogen (secondary N) is 1. The molecule has 0 radical (unpaired) electrons. The van der Waals surface area contributed by atoms with Crippen LogP contribution in [0.4, 0.5) is 5.69 Å². The molecule has 0 fully saturated rings. The standard InChI is InChI=1S/C11H12ClN3O2S2/c1-7(11-14-4-5-18-11)15-10-6-8(19(13,16)17)2-3-9(10)12/h2-7,15H,1H3,(H2,13,16,17). The number of benzene rings is 1. The first-order valence-corrected chi connectivity index (χ1v) is 8.16. The van der Waals surface area contributed by atoms with Crippen molar-refractivity contribution in [2.45, 2.75) is 17.9 Å². The third kappa shape index (κ3) is 3.44. The van der Waals surface area contributed by atoms with E-state index in [2.05, 4.69) is 10.3 Å². The number of hydrogen-bond donors (Lipinski definition) is 2. The number of halogens is 1. The first-order valence-electron chi connectivity index (χ1n) is 5.36. The van der Waals surface area contributed by atoms with Gasteiger partial charge in [0.25, 0.3) is 0 Å². The van der Waals surface area contributed by atoms with Crippen LogP contribution in [0.5, 0.6) is 0 Å². The van der Waals surface area contributed by atoms with Gasteiger partial charge in [0.15, 0.2) is 0 Å². The van der Waals surface area contributed by atoms with Crippen molar-refractivity contribution in [2.75, 3.05) is 5.32 Å². The Morgan fingerprint density at radius 3 is 2.79 bits per heavy atom. The maximum atomic E-state index is 11.3. The van der Waals surface area contributed by atoms with Crippen molar-refractivity contribution in [1.29, 1.82) is 0 Å². The Kier molecular flexibility index (Phi) is 4.10. The van der Waals surface area contributed by atoms with E-state index in [1.54, 1.807) is 6.20 Å². The fourth-order valence-electron chi connectivity index (χ4n) is 1.54. The van der Waals surface area contributed by atoms with Gasteiger partial charge in [0.2, 0.25) is 10.0 Å². The van der Waals surface area contributed by atoms with Crippen molar-refractivity contribution in [3.05, 3.63) is 39.8 Å². The van der Waals surface area contributed by atoms with Crippen molar-refractivity contribution in [1.82, 2.24) is 4.98 Å². The first kappa shape index (κ1) is 14.3. The summed E-state index contributed by atoms with van der Waals surface area (Å²) in [7, 11) is -3.74. The summed E-state index contributed by atoms with van der Waals surface area (Å²) in [6.45, 7) is 1.92. The van der Waals surface area contributed by atoms with Crippen LogP contribution in [0.1, 0.15) is 18.0 Å². The van der Waals surface area contributed by atoms with Crippen LogP contribution in [0.3, 0.4) is 0 Å². The van der Waals surface area contributed by atoms with E-state index < -0.39 is 10.0 Å². The highest BCUT2D eigenvalue weighted by atomic mass is 35.5. The maximum absolute atomic E-state index is 11.3. The molecule has 102 valence electrons. The summed E-state index contributed by atoms with van der Waals surface area (Å²) in [5.41, 5.74) is 0.510. The monoisotopic (exact) mass is 317 g/mol. The Bertz CT molecular complexity index is 671. The van der Waals surface area contributed by atoms with Gasteiger partial charge in [0.05, 0.1) is 21.6 Å². The number of hydrogen-bond acceptors (Lipinski definition) is 5. The topological polar surface area (TPSA) is 85.1 Å². The highest BCUT2D eigenvalue weighted by molar-refractivity contribution is 7.89. The molecule has 1 aromatic carbocycles. The predicted molar refractivity (Wildman–Crippen MR) is 77.0 cm³/mol. The van der Waals surface area contributed by atoms with Crippen LogP contribution in [-0.2, 0) is 10.0 Å². The van der Waals surface area contributed by atoms with E-state index in [0.29, 0.717) is 10.7 Å². The Hall–Kier alpha value is -1.15. The summed E-state index contributed by atoms with van der Waals surface area (Å²) in [6, 6.07) is 4.21. The Labute approximate surface area is 120 Å². The molecule has 8 heteroatoms. The summed E-state index contributed by atoms with van der Waals surface area (Å²) >= 11 is 7.54. The zero-order valence-electron chi connectivity index (χ0n) is 10.00. The molecular formula is C11H12ClN3O2S2. The molecule has 1 atom stereocenters. The average Bonchev–Trinajstić information content (AvgIpc) is 2.84. The third-order valence-corrected chi connectivity index (χ3v) is 4.66. The summed E-state index contributed by atoms with van der Waals surface area (Å²) in [6.07, 6.45) is 1.71. The largest absolute Gasteiger partial charge is 0.375 e. The SMILES string of the molecule is CC(Nc1cc(S(N)(=O)=O)ccc1Cl)c1nccs1. The van der Waals surface area contributed by atoms with Gasteiger partial charge >= 0.3 is 0 Å². The summed E-state index contributed by atoms with van der Waals surface area (Å²) in [4.78, 5) is 4.20. The van der Waals surface area contributed by atoms with Gasteiger partial charge in [-0.15, -0.1) is 11.3 Å². The molecule has 0 aliphatic carbocycles. The number of nitrogens with two attached hydrogens (primary N) is 1. The van der Waals surface area contributed by atoms with Crippen LogP contribution < -0.4 is 10.5 Å². The lowest BCUT2D eigenvalue weighted by Gasteiger charge is -2.14. The van der Waals surface area contributed by atoms with Crippen LogP contribution in [0, 0.1) is 0 Å². The molecule has 5 nitrogen and oxygen atoms in total. The van der Waals surface area contributed by atoms with E-state index in [0.717, 1.165) is 5.01 Å². The Balaban J connectivity index is 2.30. The lowest BCUT2D eigenvalue weighted by Crippen LogP contribution is -2.13. The van der Waals surface area contributed by atoms with E-state index in [9.17, 15) is 8.42 Å². The molecule has 0 bridgehead atoms. The van der Waals surface area contributed by atoms with Crippen LogP contribution in [0.25, 0.3) is 0 Å². The Morgan fingerprint density at radius 2 is 2.21 bits per heavy atom. The van der Waals surface area contributed by atoms with Crippen molar-refractivity contribution < 1.29 is 8.42 Å². The highest BCUT2D eigenvalue weighted by Crippen LogP contribution is 2.28. The van der Waals surface area contributed by atoms with Gasteiger partial charge in [-0.25, -0.2) is 18.5 Å². The minimum atomic E-state index is -3.74. The van der Waals surface area contributed by atoms with E-state index in [4.69, 9.17) is 16.7 Å². The number of aromatic nitrogens is 1. The average molecular weight is 318 g/mol. The summed E-state index contributed by atoms with van der Waals surface area (Å²) in [5, 5.41) is 11.4. The molecule has 3 N–H and O–H groups in total. The van der Waals surface area contributed by atoms with Gasteiger partial charge in [-0.3, -0.25) is 0 Å². The van der Waals surface area contributed by atoms with E-state index in [-0.39, 0.29) is 10.9 Å². The van der Waals surface area contributed by atoms with E-state index >= 15 is 0 Å². The number of sulfonamides is 1. The molecule has 1 unspecified atom stereocenters. The van der Waals surface area contributed by atoms with Gasteiger partial charge in [0, 0.05) is 11.6 Å². The minimum absolute atomic E-state index is 0.0192. The Morgan fingerprint density at radius 1 is 1.47 bits per heavy atom. The lowest BCUT2D eigenvalue weighted by molar-refractivity contribution is 0.598. The van der Waals surface area contributed by atoms with Crippen LogP contribution in [0.2, 0.25) is 5.02 Å². The molecular weight excluding hydrogens is 306 g/mol. The molecule has 0 aliphatic rings. The van der Waals surface area contributed by atoms with E-state index in [1.165, 1.54) is 29.5 Å². The van der Waals surface area contributed by atoms with Crippen LogP contribution in [-0.4, -0.2) is 13.4 Å². The maximum Gasteiger partial charge on any atom is 0.238 e. The first-order chi connectivity index (χ1) is 8.88. The van der Waals surface area contributed by atoms with Crippen LogP contribution in [0.15, 0.2) is 34.7 Å². The van der Waals surface area contributed by atoms with Gasteiger partial charge in [-0.2, -0.15) is 0 Å². The minimum Gasteiger partial charge on any atom is -0.375 e. The second-order valence-corrected chi connectivity index (χ2v) is 6.82. The van der Waals surface area contributed by atoms with Crippen LogP contribution >= 0.6 is 22.9 Å². The number of nitrogens with zero attached hydrogens (tertiary/aromatic N) is 1. The molecule has 0 saturated heterocycles. The molecule has 1 heterocycles. The molecule has 2 rings (SSSR count). The molecule has 1 aromatic heterocycles. The predicted octanol–water partition coefficient (Wildman–Crippen LogP) is 2.62. The number of primary sulfonamides is 1. The fourth-order valence-corrected chi connectivity index (χ4v) is 2.89. The smallest absolute Gasteiger partial charge is 0.238 e. The van der Waals surface area contributed by atoms with Gasteiger partial charge in [-0.1, -0.05) is 11.6 Å². The highest BCUT2D eigenvalue weighted by Gasteiger charge is 2.14. The molecule has 2 aromatic rings. The van der Waals surface area contributed by atoms with Crippen molar-refractivity contribution in [2.24, 2.45) is 5.14 Å². The van der Waals surface area contributed by atoms with Gasteiger partial charge in [-0.05, 0) is 25.1 Å². The molecule has 0 spiro atoms. The molecule has 0 saturated carbocycles. The van der Waals surface area contributed by atoms with Gasteiger partial charge < -0.3 is 5.32 Å². The van der Waals surface area contributed by atoms with E-state index in [1.807, 2.05) is 12.3 Å². The summed E-state index contributed by atoms with van der Waals surface area (Å²) in [5.74, 6) is 0. The third-order valence-electron chi connectivity index (χ3n) is 2.46. The van der Waals surface area contributed by atoms with Crippen molar-refractivity contribution >= 4 is 38.6 Å². The number of thiazole rings is 1. The normalized spacial score (nSPS) is 13.2. The molecule has 19 heavy (non-hydrogen) atoms. The molecule has 0 amide bonds. The fraction of sp³-hybridized carbons (Fsp3) is 0.182. The van der Waals surface area contributed by atoms with Crippen molar-refractivity contribution in [3.63, 3.8) is 0 Å². The number of anilines is 1. The van der Waals surface area contributed by atoms with Gasteiger partial charge in [0.1, 0.15) is 5.01 Å². The number of rotatable bonds is 4. The zero-order valence-corrected chi connectivity index (χ0v) is 12.4. The quantitative estimate of drug-likeness (QED) is 0.907. The second-order valence-electron chi connectivity index (χ2n) is 3.92. The lowest BCUT2D eigenvalue weighted by atomic mass is 10.2.